The van der Waals surface area contributed by atoms with Gasteiger partial charge in [0.05, 0.1) is 6.54 Å². The molecule has 1 aromatic carbocycles. The largest absolute Gasteiger partial charge is 0.508 e. The second kappa shape index (κ2) is 9.02. The van der Waals surface area contributed by atoms with Gasteiger partial charge in [-0.15, -0.1) is 0 Å². The number of carbonyl (C=O) groups excluding carboxylic acids is 4. The zero-order chi connectivity index (χ0) is 20.0. The molecule has 1 saturated heterocycles. The molecule has 1 heterocycles. The van der Waals surface area contributed by atoms with Crippen LogP contribution < -0.4 is 16.4 Å². The van der Waals surface area contributed by atoms with Crippen molar-refractivity contribution in [3.63, 3.8) is 0 Å². The van der Waals surface area contributed by atoms with E-state index in [-0.39, 0.29) is 24.6 Å². The van der Waals surface area contributed by atoms with Crippen LogP contribution in [0.4, 0.5) is 0 Å². The molecule has 0 radical (unpaired) electrons. The molecule has 0 bridgehead atoms. The van der Waals surface area contributed by atoms with E-state index in [1.807, 2.05) is 0 Å². The van der Waals surface area contributed by atoms with E-state index >= 15 is 0 Å². The van der Waals surface area contributed by atoms with Crippen LogP contribution in [-0.4, -0.2) is 58.8 Å². The molecular weight excluding hydrogens is 352 g/mol. The zero-order valence-electron chi connectivity index (χ0n) is 15.1. The normalized spacial score (nSPS) is 17.2. The van der Waals surface area contributed by atoms with E-state index in [0.717, 1.165) is 0 Å². The molecule has 1 fully saturated rings. The zero-order valence-corrected chi connectivity index (χ0v) is 15.1. The Morgan fingerprint density at radius 2 is 1.93 bits per heavy atom. The van der Waals surface area contributed by atoms with Gasteiger partial charge in [0.2, 0.25) is 23.6 Å². The van der Waals surface area contributed by atoms with Crippen LogP contribution in [0.15, 0.2) is 24.3 Å². The number of phenols is 1. The lowest BCUT2D eigenvalue weighted by molar-refractivity contribution is -0.138. The number of aromatic hydroxyl groups is 1. The molecule has 27 heavy (non-hydrogen) atoms. The molecule has 0 spiro atoms. The molecule has 0 aromatic heterocycles. The van der Waals surface area contributed by atoms with Gasteiger partial charge in [-0.05, 0) is 30.5 Å². The van der Waals surface area contributed by atoms with E-state index in [9.17, 15) is 24.3 Å². The SMILES string of the molecule is CC(=O)N1CCC[C@H]1C(=O)N[C@@H](Cc1ccc(O)cc1)C(=O)NCC(N)=O. The number of hydrogen-bond acceptors (Lipinski definition) is 5. The number of rotatable bonds is 7. The highest BCUT2D eigenvalue weighted by molar-refractivity contribution is 5.93. The van der Waals surface area contributed by atoms with Crippen LogP contribution in [0.2, 0.25) is 0 Å². The summed E-state index contributed by atoms with van der Waals surface area (Å²) in [6.45, 7) is 1.56. The summed E-state index contributed by atoms with van der Waals surface area (Å²) in [7, 11) is 0. The van der Waals surface area contributed by atoms with E-state index in [4.69, 9.17) is 5.73 Å². The Morgan fingerprint density at radius 3 is 2.52 bits per heavy atom. The summed E-state index contributed by atoms with van der Waals surface area (Å²) in [5.74, 6) is -1.78. The number of nitrogens with one attached hydrogen (secondary N) is 2. The van der Waals surface area contributed by atoms with Crippen molar-refractivity contribution < 1.29 is 24.3 Å². The maximum absolute atomic E-state index is 12.6. The quantitative estimate of drug-likeness (QED) is 0.484. The number of benzene rings is 1. The highest BCUT2D eigenvalue weighted by Crippen LogP contribution is 2.18. The van der Waals surface area contributed by atoms with Gasteiger partial charge in [0.15, 0.2) is 0 Å². The summed E-state index contributed by atoms with van der Waals surface area (Å²) >= 11 is 0. The van der Waals surface area contributed by atoms with Gasteiger partial charge in [0, 0.05) is 19.9 Å². The predicted octanol–water partition coefficient (Wildman–Crippen LogP) is -0.968. The lowest BCUT2D eigenvalue weighted by Crippen LogP contribution is -2.54. The van der Waals surface area contributed by atoms with Crippen molar-refractivity contribution in [2.45, 2.75) is 38.3 Å². The Hall–Kier alpha value is -3.10. The van der Waals surface area contributed by atoms with Crippen molar-refractivity contribution >= 4 is 23.6 Å². The van der Waals surface area contributed by atoms with Crippen molar-refractivity contribution in [3.05, 3.63) is 29.8 Å². The van der Waals surface area contributed by atoms with Crippen molar-refractivity contribution in [3.8, 4) is 5.75 Å². The molecule has 1 aliphatic rings. The summed E-state index contributed by atoms with van der Waals surface area (Å²) in [6, 6.07) is 4.65. The summed E-state index contributed by atoms with van der Waals surface area (Å²) in [5.41, 5.74) is 5.76. The molecule has 4 amide bonds. The van der Waals surface area contributed by atoms with Gasteiger partial charge in [-0.2, -0.15) is 0 Å². The number of primary amides is 1. The van der Waals surface area contributed by atoms with Gasteiger partial charge in [0.1, 0.15) is 17.8 Å². The minimum atomic E-state index is -0.948. The number of amides is 4. The number of carbonyl (C=O) groups is 4. The van der Waals surface area contributed by atoms with E-state index in [1.165, 1.54) is 24.0 Å². The van der Waals surface area contributed by atoms with Gasteiger partial charge in [-0.1, -0.05) is 12.1 Å². The van der Waals surface area contributed by atoms with E-state index in [2.05, 4.69) is 10.6 Å². The lowest BCUT2D eigenvalue weighted by atomic mass is 10.0. The van der Waals surface area contributed by atoms with Crippen molar-refractivity contribution in [1.29, 1.82) is 0 Å². The average Bonchev–Trinajstić information content (AvgIpc) is 3.11. The maximum Gasteiger partial charge on any atom is 0.243 e. The third kappa shape index (κ3) is 5.70. The van der Waals surface area contributed by atoms with E-state index in [1.54, 1.807) is 12.1 Å². The fraction of sp³-hybridized carbons (Fsp3) is 0.444. The third-order valence-electron chi connectivity index (χ3n) is 4.41. The number of phenolic OH excluding ortho intramolecular Hbond substituents is 1. The Balaban J connectivity index is 2.11. The minimum Gasteiger partial charge on any atom is -0.508 e. The predicted molar refractivity (Wildman–Crippen MR) is 96.4 cm³/mol. The average molecular weight is 376 g/mol. The van der Waals surface area contributed by atoms with Crippen LogP contribution in [-0.2, 0) is 25.6 Å². The van der Waals surface area contributed by atoms with Gasteiger partial charge >= 0.3 is 0 Å². The first-order valence-corrected chi connectivity index (χ1v) is 8.69. The summed E-state index contributed by atoms with van der Waals surface area (Å²) in [5, 5.41) is 14.4. The van der Waals surface area contributed by atoms with E-state index in [0.29, 0.717) is 24.9 Å². The molecule has 2 atom stereocenters. The molecule has 0 saturated carbocycles. The number of nitrogens with two attached hydrogens (primary N) is 1. The molecule has 0 aliphatic carbocycles. The van der Waals surface area contributed by atoms with Crippen LogP contribution >= 0.6 is 0 Å². The standard InChI is InChI=1S/C18H24N4O5/c1-11(23)22-8-2-3-15(22)18(27)21-14(17(26)20-10-16(19)25)9-12-4-6-13(24)7-5-12/h4-7,14-15,24H,2-3,8-10H2,1H3,(H2,19,25)(H,20,26)(H,21,27)/t14-,15-/m0/s1. The molecule has 146 valence electrons. The topological polar surface area (TPSA) is 142 Å². The molecule has 9 heteroatoms. The van der Waals surface area contributed by atoms with Crippen LogP contribution in [0, 0.1) is 0 Å². The molecule has 1 aliphatic heterocycles. The summed E-state index contributed by atoms with van der Waals surface area (Å²) in [6.07, 6.45) is 1.40. The first-order chi connectivity index (χ1) is 12.8. The van der Waals surface area contributed by atoms with Crippen LogP contribution in [0.1, 0.15) is 25.3 Å². The number of nitrogens with zero attached hydrogens (tertiary/aromatic N) is 1. The molecule has 0 unspecified atom stereocenters. The van der Waals surface area contributed by atoms with Crippen LogP contribution in [0.25, 0.3) is 0 Å². The Labute approximate surface area is 156 Å². The van der Waals surface area contributed by atoms with Gasteiger partial charge in [0.25, 0.3) is 0 Å². The third-order valence-corrected chi connectivity index (χ3v) is 4.41. The van der Waals surface area contributed by atoms with Gasteiger partial charge in [-0.3, -0.25) is 19.2 Å². The Bertz CT molecular complexity index is 719. The van der Waals surface area contributed by atoms with Crippen molar-refractivity contribution in [1.82, 2.24) is 15.5 Å². The first kappa shape index (κ1) is 20.2. The monoisotopic (exact) mass is 376 g/mol. The van der Waals surface area contributed by atoms with Gasteiger partial charge < -0.3 is 26.4 Å². The fourth-order valence-corrected chi connectivity index (χ4v) is 3.06. The minimum absolute atomic E-state index is 0.0839. The molecule has 1 aromatic rings. The molecule has 2 rings (SSSR count). The molecular formula is C18H24N4O5. The lowest BCUT2D eigenvalue weighted by Gasteiger charge is -2.25. The molecule has 5 N–H and O–H groups in total. The fourth-order valence-electron chi connectivity index (χ4n) is 3.06. The number of hydrogen-bond donors (Lipinski definition) is 4. The van der Waals surface area contributed by atoms with Gasteiger partial charge in [-0.25, -0.2) is 0 Å². The summed E-state index contributed by atoms with van der Waals surface area (Å²) in [4.78, 5) is 49.1. The molecule has 9 nitrogen and oxygen atoms in total. The summed E-state index contributed by atoms with van der Waals surface area (Å²) < 4.78 is 0. The second-order valence-electron chi connectivity index (χ2n) is 6.49. The van der Waals surface area contributed by atoms with Crippen molar-refractivity contribution in [2.75, 3.05) is 13.1 Å². The first-order valence-electron chi connectivity index (χ1n) is 8.69. The smallest absolute Gasteiger partial charge is 0.243 e. The van der Waals surface area contributed by atoms with Crippen LogP contribution in [0.5, 0.6) is 5.75 Å². The van der Waals surface area contributed by atoms with Crippen molar-refractivity contribution in [2.24, 2.45) is 5.73 Å². The van der Waals surface area contributed by atoms with E-state index < -0.39 is 29.8 Å². The Morgan fingerprint density at radius 1 is 1.26 bits per heavy atom. The maximum atomic E-state index is 12.6. The van der Waals surface area contributed by atoms with Crippen LogP contribution in [0.3, 0.4) is 0 Å². The number of likely N-dealkylation sites (tertiary alicyclic amines) is 1. The second-order valence-corrected chi connectivity index (χ2v) is 6.49. The highest BCUT2D eigenvalue weighted by atomic mass is 16.3. The highest BCUT2D eigenvalue weighted by Gasteiger charge is 2.34. The Kier molecular flexibility index (Phi) is 6.75.